The summed E-state index contributed by atoms with van der Waals surface area (Å²) in [6.07, 6.45) is -4.17. The van der Waals surface area contributed by atoms with Crippen LogP contribution in [-0.2, 0) is 20.8 Å². The molecule has 0 aliphatic heterocycles. The van der Waals surface area contributed by atoms with Gasteiger partial charge in [-0.05, 0) is 36.2 Å². The summed E-state index contributed by atoms with van der Waals surface area (Å²) in [7, 11) is -3.55. The van der Waals surface area contributed by atoms with Gasteiger partial charge in [0.2, 0.25) is 0 Å². The van der Waals surface area contributed by atoms with E-state index in [0.717, 1.165) is 30.5 Å². The molecule has 0 bridgehead atoms. The third kappa shape index (κ3) is 4.52. The molecule has 32 heavy (non-hydrogen) atoms. The van der Waals surface area contributed by atoms with Crippen molar-refractivity contribution in [2.45, 2.75) is 30.5 Å². The Balaban J connectivity index is 2.38. The van der Waals surface area contributed by atoms with Crippen LogP contribution in [0.2, 0.25) is 0 Å². The van der Waals surface area contributed by atoms with Gasteiger partial charge in [0.25, 0.3) is 0 Å². The Labute approximate surface area is 181 Å². The first kappa shape index (κ1) is 23.5. The highest BCUT2D eigenvalue weighted by molar-refractivity contribution is 7.90. The van der Waals surface area contributed by atoms with E-state index in [1.807, 2.05) is 0 Å². The van der Waals surface area contributed by atoms with Gasteiger partial charge in [0.15, 0.2) is 15.5 Å². The van der Waals surface area contributed by atoms with Crippen LogP contribution in [0.4, 0.5) is 17.6 Å². The summed E-state index contributed by atoms with van der Waals surface area (Å²) in [4.78, 5) is 11.6. The number of benzene rings is 2. The highest BCUT2D eigenvalue weighted by atomic mass is 32.2. The summed E-state index contributed by atoms with van der Waals surface area (Å²) in [6.45, 7) is 1.42. The molecule has 1 atom stereocenters. The third-order valence-corrected chi connectivity index (χ3v) is 5.96. The van der Waals surface area contributed by atoms with Crippen LogP contribution in [0.25, 0.3) is 22.4 Å². The molecular weight excluding hydrogens is 452 g/mol. The third-order valence-electron chi connectivity index (χ3n) is 4.83. The first-order valence-electron chi connectivity index (χ1n) is 9.33. The molecule has 0 amide bonds. The monoisotopic (exact) mass is 470 g/mol. The maximum atomic E-state index is 14.2. The predicted molar refractivity (Wildman–Crippen MR) is 108 cm³/mol. The first-order valence-corrected chi connectivity index (χ1v) is 11.2. The largest absolute Gasteiger partial charge is 0.480 e. The normalized spacial score (nSPS) is 13.2. The van der Waals surface area contributed by atoms with Crippen molar-refractivity contribution < 1.29 is 35.9 Å². The van der Waals surface area contributed by atoms with E-state index in [4.69, 9.17) is 0 Å². The zero-order valence-electron chi connectivity index (χ0n) is 16.9. The van der Waals surface area contributed by atoms with E-state index < -0.39 is 45.1 Å². The Hall–Kier alpha value is -3.21. The van der Waals surface area contributed by atoms with Crippen molar-refractivity contribution in [3.63, 3.8) is 0 Å². The van der Waals surface area contributed by atoms with Crippen LogP contribution in [0.1, 0.15) is 25.1 Å². The predicted octanol–water partition coefficient (Wildman–Crippen LogP) is 4.81. The van der Waals surface area contributed by atoms with Crippen molar-refractivity contribution in [1.29, 1.82) is 0 Å². The Morgan fingerprint density at radius 1 is 1.06 bits per heavy atom. The van der Waals surface area contributed by atoms with Gasteiger partial charge < -0.3 is 5.11 Å². The summed E-state index contributed by atoms with van der Waals surface area (Å²) in [5.74, 6) is -2.16. The molecule has 1 heterocycles. The van der Waals surface area contributed by atoms with Crippen molar-refractivity contribution in [2.24, 2.45) is 0 Å². The van der Waals surface area contributed by atoms with E-state index in [-0.39, 0.29) is 28.1 Å². The molecule has 0 spiro atoms. The molecule has 3 aromatic rings. The van der Waals surface area contributed by atoms with Crippen LogP contribution in [-0.4, -0.2) is 35.5 Å². The van der Waals surface area contributed by atoms with Gasteiger partial charge in [-0.2, -0.15) is 18.3 Å². The van der Waals surface area contributed by atoms with Crippen molar-refractivity contribution in [3.8, 4) is 22.4 Å². The van der Waals surface area contributed by atoms with Gasteiger partial charge in [0, 0.05) is 17.4 Å². The number of halogens is 4. The molecule has 0 saturated carbocycles. The van der Waals surface area contributed by atoms with Gasteiger partial charge in [0.1, 0.15) is 17.6 Å². The van der Waals surface area contributed by atoms with Gasteiger partial charge >= 0.3 is 12.1 Å². The number of hydrogen-bond acceptors (Lipinski definition) is 4. The summed E-state index contributed by atoms with van der Waals surface area (Å²) >= 11 is 0. The standard InChI is InChI=1S/C21H18F4N2O4S/c1-3-16(20(28)29)27-19(21(23,24)25)17(12-4-8-14(22)9-5-12)18(26-27)13-6-10-15(11-7-13)32(2,30)31/h4-11,16H,3H2,1-2H3,(H,28,29). The van der Waals surface area contributed by atoms with Crippen molar-refractivity contribution in [3.05, 3.63) is 60.0 Å². The number of alkyl halides is 3. The summed E-state index contributed by atoms with van der Waals surface area (Å²) in [6, 6.07) is 7.67. The minimum atomic E-state index is -4.98. The molecular formula is C21H18F4N2O4S. The molecule has 0 saturated heterocycles. The lowest BCUT2D eigenvalue weighted by Crippen LogP contribution is -2.25. The molecule has 1 unspecified atom stereocenters. The van der Waals surface area contributed by atoms with Gasteiger partial charge in [-0.3, -0.25) is 0 Å². The lowest BCUT2D eigenvalue weighted by molar-refractivity contribution is -0.149. The zero-order chi connectivity index (χ0) is 23.8. The molecule has 11 heteroatoms. The molecule has 6 nitrogen and oxygen atoms in total. The second kappa shape index (κ2) is 8.38. The average Bonchev–Trinajstić information content (AvgIpc) is 3.09. The molecule has 0 fully saturated rings. The number of aromatic nitrogens is 2. The Bertz CT molecular complexity index is 1250. The van der Waals surface area contributed by atoms with E-state index in [1.54, 1.807) is 0 Å². The van der Waals surface area contributed by atoms with Crippen LogP contribution in [0, 0.1) is 5.82 Å². The fourth-order valence-corrected chi connectivity index (χ4v) is 3.97. The maximum Gasteiger partial charge on any atom is 0.433 e. The molecule has 0 aliphatic carbocycles. The molecule has 170 valence electrons. The summed E-state index contributed by atoms with van der Waals surface area (Å²) in [5.41, 5.74) is -1.80. The number of rotatable bonds is 6. The van der Waals surface area contributed by atoms with Crippen LogP contribution < -0.4 is 0 Å². The van der Waals surface area contributed by atoms with Gasteiger partial charge in [-0.15, -0.1) is 0 Å². The van der Waals surface area contributed by atoms with E-state index in [9.17, 15) is 35.9 Å². The lowest BCUT2D eigenvalue weighted by atomic mass is 9.98. The highest BCUT2D eigenvalue weighted by Crippen LogP contribution is 2.44. The second-order valence-electron chi connectivity index (χ2n) is 7.08. The maximum absolute atomic E-state index is 14.2. The number of carboxylic acid groups (broad SMARTS) is 1. The van der Waals surface area contributed by atoms with Crippen LogP contribution in [0.5, 0.6) is 0 Å². The minimum Gasteiger partial charge on any atom is -0.480 e. The Kier molecular flexibility index (Phi) is 6.14. The topological polar surface area (TPSA) is 89.3 Å². The minimum absolute atomic E-state index is 0.0209. The Morgan fingerprint density at radius 3 is 2.03 bits per heavy atom. The van der Waals surface area contributed by atoms with Gasteiger partial charge in [0.05, 0.1) is 4.90 Å². The number of hydrogen-bond donors (Lipinski definition) is 1. The van der Waals surface area contributed by atoms with Crippen molar-refractivity contribution in [1.82, 2.24) is 9.78 Å². The number of nitrogens with zero attached hydrogens (tertiary/aromatic N) is 2. The summed E-state index contributed by atoms with van der Waals surface area (Å²) in [5, 5.41) is 13.5. The van der Waals surface area contributed by atoms with E-state index >= 15 is 0 Å². The summed E-state index contributed by atoms with van der Waals surface area (Å²) < 4.78 is 79.8. The van der Waals surface area contributed by atoms with Crippen LogP contribution >= 0.6 is 0 Å². The quantitative estimate of drug-likeness (QED) is 0.522. The van der Waals surface area contributed by atoms with Crippen molar-refractivity contribution >= 4 is 15.8 Å². The van der Waals surface area contributed by atoms with E-state index in [2.05, 4.69) is 5.10 Å². The average molecular weight is 470 g/mol. The van der Waals surface area contributed by atoms with E-state index in [1.165, 1.54) is 31.2 Å². The van der Waals surface area contributed by atoms with Crippen LogP contribution in [0.3, 0.4) is 0 Å². The van der Waals surface area contributed by atoms with Crippen molar-refractivity contribution in [2.75, 3.05) is 6.26 Å². The van der Waals surface area contributed by atoms with Gasteiger partial charge in [-0.1, -0.05) is 31.2 Å². The fraction of sp³-hybridized carbons (Fsp3) is 0.238. The molecule has 0 radical (unpaired) electrons. The number of aliphatic carboxylic acids is 1. The zero-order valence-corrected chi connectivity index (χ0v) is 17.7. The van der Waals surface area contributed by atoms with E-state index in [0.29, 0.717) is 4.68 Å². The Morgan fingerprint density at radius 2 is 1.59 bits per heavy atom. The lowest BCUT2D eigenvalue weighted by Gasteiger charge is -2.17. The molecule has 1 aromatic heterocycles. The fourth-order valence-electron chi connectivity index (χ4n) is 3.34. The first-order chi connectivity index (χ1) is 14.8. The molecule has 3 rings (SSSR count). The molecule has 0 aliphatic rings. The van der Waals surface area contributed by atoms with Crippen LogP contribution in [0.15, 0.2) is 53.4 Å². The highest BCUT2D eigenvalue weighted by Gasteiger charge is 2.43. The smallest absolute Gasteiger partial charge is 0.433 e. The number of carbonyl (C=O) groups is 1. The number of sulfone groups is 1. The second-order valence-corrected chi connectivity index (χ2v) is 9.10. The molecule has 1 N–H and O–H groups in total. The SMILES string of the molecule is CCC(C(=O)O)n1nc(-c2ccc(S(C)(=O)=O)cc2)c(-c2ccc(F)cc2)c1C(F)(F)F. The number of carboxylic acids is 1. The van der Waals surface area contributed by atoms with Gasteiger partial charge in [-0.25, -0.2) is 22.3 Å². The molecule has 2 aromatic carbocycles.